The number of hydrogen-bond donors (Lipinski definition) is 1. The Kier molecular flexibility index (Phi) is 4.93. The summed E-state index contributed by atoms with van der Waals surface area (Å²) in [5, 5.41) is 8.78. The number of nitrogens with one attached hydrogen (secondary N) is 1. The summed E-state index contributed by atoms with van der Waals surface area (Å²) in [6.45, 7) is 4.56. The molecule has 0 amide bonds. The number of piperidine rings is 1. The van der Waals surface area contributed by atoms with Crippen molar-refractivity contribution in [2.45, 2.75) is 30.7 Å². The van der Waals surface area contributed by atoms with Gasteiger partial charge in [-0.3, -0.25) is 0 Å². The van der Waals surface area contributed by atoms with Crippen LogP contribution in [-0.4, -0.2) is 39.0 Å². The van der Waals surface area contributed by atoms with Gasteiger partial charge in [0, 0.05) is 12.6 Å². The van der Waals surface area contributed by atoms with Gasteiger partial charge in [-0.15, -0.1) is 0 Å². The molecule has 0 radical (unpaired) electrons. The fraction of sp³-hybridized carbons (Fsp3) is 0.500. The second kappa shape index (κ2) is 6.52. The van der Waals surface area contributed by atoms with E-state index >= 15 is 0 Å². The van der Waals surface area contributed by atoms with Crippen LogP contribution in [0.25, 0.3) is 0 Å². The Labute approximate surface area is 124 Å². The number of nitrogens with zero attached hydrogens (tertiary/aromatic N) is 2. The molecule has 2 rings (SSSR count). The zero-order valence-corrected chi connectivity index (χ0v) is 12.7. The molecule has 7 heteroatoms. The SMILES string of the molecule is CCN1CCCC(NS(=O)(=O)c2ccc(F)c(C#N)c2)C1. The Hall–Kier alpha value is -1.49. The van der Waals surface area contributed by atoms with Crippen LogP contribution in [0.5, 0.6) is 0 Å². The number of sulfonamides is 1. The predicted molar refractivity (Wildman–Crippen MR) is 76.6 cm³/mol. The van der Waals surface area contributed by atoms with Crippen LogP contribution in [-0.2, 0) is 10.0 Å². The van der Waals surface area contributed by atoms with Gasteiger partial charge in [0.05, 0.1) is 10.5 Å². The molecule has 0 spiro atoms. The van der Waals surface area contributed by atoms with E-state index in [1.165, 1.54) is 6.07 Å². The first-order valence-corrected chi connectivity index (χ1v) is 8.39. The number of likely N-dealkylation sites (N-methyl/N-ethyl adjacent to an activating group) is 1. The third kappa shape index (κ3) is 3.79. The van der Waals surface area contributed by atoms with Crippen molar-refractivity contribution in [2.75, 3.05) is 19.6 Å². The molecule has 1 aromatic rings. The molecule has 1 aromatic carbocycles. The summed E-state index contributed by atoms with van der Waals surface area (Å²) in [5.74, 6) is -0.716. The Morgan fingerprint density at radius 2 is 2.29 bits per heavy atom. The van der Waals surface area contributed by atoms with Gasteiger partial charge in [0.1, 0.15) is 11.9 Å². The van der Waals surface area contributed by atoms with Crippen LogP contribution < -0.4 is 4.72 Å². The summed E-state index contributed by atoms with van der Waals surface area (Å²) in [6, 6.07) is 4.75. The summed E-state index contributed by atoms with van der Waals surface area (Å²) in [6.07, 6.45) is 1.72. The summed E-state index contributed by atoms with van der Waals surface area (Å²) in [5.41, 5.74) is -0.267. The maximum Gasteiger partial charge on any atom is 0.240 e. The highest BCUT2D eigenvalue weighted by Gasteiger charge is 2.25. The van der Waals surface area contributed by atoms with Gasteiger partial charge >= 0.3 is 0 Å². The molecule has 1 fully saturated rings. The highest BCUT2D eigenvalue weighted by Crippen LogP contribution is 2.17. The van der Waals surface area contributed by atoms with E-state index in [1.54, 1.807) is 6.07 Å². The first kappa shape index (κ1) is 15.9. The minimum Gasteiger partial charge on any atom is -0.302 e. The van der Waals surface area contributed by atoms with Crippen molar-refractivity contribution >= 4 is 10.0 Å². The maximum absolute atomic E-state index is 13.3. The van der Waals surface area contributed by atoms with Crippen molar-refractivity contribution in [3.05, 3.63) is 29.6 Å². The highest BCUT2D eigenvalue weighted by atomic mass is 32.2. The lowest BCUT2D eigenvalue weighted by molar-refractivity contribution is 0.211. The molecule has 1 N–H and O–H groups in total. The summed E-state index contributed by atoms with van der Waals surface area (Å²) >= 11 is 0. The lowest BCUT2D eigenvalue weighted by Crippen LogP contribution is -2.47. The first-order chi connectivity index (χ1) is 9.96. The largest absolute Gasteiger partial charge is 0.302 e. The molecule has 1 saturated heterocycles. The van der Waals surface area contributed by atoms with Crippen LogP contribution in [0.3, 0.4) is 0 Å². The molecule has 5 nitrogen and oxygen atoms in total. The normalized spacial score (nSPS) is 20.1. The number of nitriles is 1. The van der Waals surface area contributed by atoms with Gasteiger partial charge in [0.2, 0.25) is 10.0 Å². The van der Waals surface area contributed by atoms with Gasteiger partial charge in [-0.05, 0) is 44.1 Å². The van der Waals surface area contributed by atoms with E-state index in [2.05, 4.69) is 9.62 Å². The van der Waals surface area contributed by atoms with Gasteiger partial charge in [-0.25, -0.2) is 17.5 Å². The van der Waals surface area contributed by atoms with Crippen LogP contribution in [0.1, 0.15) is 25.3 Å². The van der Waals surface area contributed by atoms with E-state index in [9.17, 15) is 12.8 Å². The molecule has 1 aliphatic rings. The molecule has 1 heterocycles. The number of benzene rings is 1. The van der Waals surface area contributed by atoms with Gasteiger partial charge in [0.15, 0.2) is 0 Å². The minimum atomic E-state index is -3.74. The smallest absolute Gasteiger partial charge is 0.240 e. The highest BCUT2D eigenvalue weighted by molar-refractivity contribution is 7.89. The van der Waals surface area contributed by atoms with Crippen molar-refractivity contribution in [1.82, 2.24) is 9.62 Å². The van der Waals surface area contributed by atoms with Crippen molar-refractivity contribution < 1.29 is 12.8 Å². The molecule has 0 bridgehead atoms. The molecule has 1 aliphatic heterocycles. The number of rotatable bonds is 4. The standard InChI is InChI=1S/C14H18FN3O2S/c1-2-18-7-3-4-12(10-18)17-21(19,20)13-5-6-14(15)11(8-13)9-16/h5-6,8,12,17H,2-4,7,10H2,1H3. The third-order valence-electron chi connectivity index (χ3n) is 3.64. The van der Waals surface area contributed by atoms with E-state index in [1.807, 2.05) is 6.92 Å². The average molecular weight is 311 g/mol. The molecule has 1 atom stereocenters. The average Bonchev–Trinajstić information content (AvgIpc) is 2.47. The summed E-state index contributed by atoms with van der Waals surface area (Å²) < 4.78 is 40.5. The number of halogens is 1. The van der Waals surface area contributed by atoms with Crippen molar-refractivity contribution in [3.63, 3.8) is 0 Å². The Balaban J connectivity index is 2.17. The fourth-order valence-electron chi connectivity index (χ4n) is 2.48. The van der Waals surface area contributed by atoms with E-state index in [0.29, 0.717) is 6.54 Å². The van der Waals surface area contributed by atoms with Crippen LogP contribution >= 0.6 is 0 Å². The van der Waals surface area contributed by atoms with Crippen LogP contribution in [0.4, 0.5) is 4.39 Å². The Morgan fingerprint density at radius 3 is 2.95 bits per heavy atom. The van der Waals surface area contributed by atoms with E-state index in [0.717, 1.165) is 38.1 Å². The van der Waals surface area contributed by atoms with E-state index in [4.69, 9.17) is 5.26 Å². The predicted octanol–water partition coefficient (Wildman–Crippen LogP) is 1.46. The van der Waals surface area contributed by atoms with E-state index < -0.39 is 15.8 Å². The van der Waals surface area contributed by atoms with Gasteiger partial charge < -0.3 is 4.90 Å². The van der Waals surface area contributed by atoms with Crippen molar-refractivity contribution in [1.29, 1.82) is 5.26 Å². The molecular weight excluding hydrogens is 293 g/mol. The van der Waals surface area contributed by atoms with E-state index in [-0.39, 0.29) is 16.5 Å². The molecule has 0 saturated carbocycles. The minimum absolute atomic E-state index is 0.0749. The molecule has 0 aliphatic carbocycles. The van der Waals surface area contributed by atoms with Crippen LogP contribution in [0.2, 0.25) is 0 Å². The Bertz CT molecular complexity index is 655. The molecule has 114 valence electrons. The zero-order chi connectivity index (χ0) is 15.5. The molecule has 1 unspecified atom stereocenters. The van der Waals surface area contributed by atoms with Crippen LogP contribution in [0.15, 0.2) is 23.1 Å². The Morgan fingerprint density at radius 1 is 1.52 bits per heavy atom. The lowest BCUT2D eigenvalue weighted by atomic mass is 10.1. The first-order valence-electron chi connectivity index (χ1n) is 6.90. The quantitative estimate of drug-likeness (QED) is 0.913. The molecular formula is C14H18FN3O2S. The number of hydrogen-bond acceptors (Lipinski definition) is 4. The summed E-state index contributed by atoms with van der Waals surface area (Å²) in [7, 11) is -3.74. The topological polar surface area (TPSA) is 73.2 Å². The van der Waals surface area contributed by atoms with Gasteiger partial charge in [-0.1, -0.05) is 6.92 Å². The molecule has 21 heavy (non-hydrogen) atoms. The third-order valence-corrected chi connectivity index (χ3v) is 5.16. The second-order valence-corrected chi connectivity index (χ2v) is 6.82. The van der Waals surface area contributed by atoms with Crippen molar-refractivity contribution in [2.24, 2.45) is 0 Å². The maximum atomic E-state index is 13.3. The van der Waals surface area contributed by atoms with Gasteiger partial charge in [0.25, 0.3) is 0 Å². The summed E-state index contributed by atoms with van der Waals surface area (Å²) in [4.78, 5) is 2.11. The zero-order valence-electron chi connectivity index (χ0n) is 11.8. The van der Waals surface area contributed by atoms with Gasteiger partial charge in [-0.2, -0.15) is 5.26 Å². The monoisotopic (exact) mass is 311 g/mol. The van der Waals surface area contributed by atoms with Crippen molar-refractivity contribution in [3.8, 4) is 6.07 Å². The number of likely N-dealkylation sites (tertiary alicyclic amines) is 1. The lowest BCUT2D eigenvalue weighted by Gasteiger charge is -2.32. The second-order valence-electron chi connectivity index (χ2n) is 5.11. The molecule has 0 aromatic heterocycles. The fourth-order valence-corrected chi connectivity index (χ4v) is 3.77. The van der Waals surface area contributed by atoms with Crippen LogP contribution in [0, 0.1) is 17.1 Å².